The summed E-state index contributed by atoms with van der Waals surface area (Å²) in [6.45, 7) is 1.65. The van der Waals surface area contributed by atoms with Gasteiger partial charge in [-0.15, -0.1) is 0 Å². The van der Waals surface area contributed by atoms with E-state index in [0.717, 1.165) is 0 Å². The number of carbonyl (C=O) groups excluding carboxylic acids is 3. The second kappa shape index (κ2) is 6.13. The van der Waals surface area contributed by atoms with Crippen molar-refractivity contribution in [2.24, 2.45) is 5.92 Å². The maximum Gasteiger partial charge on any atom is 0.311 e. The Morgan fingerprint density at radius 1 is 1.43 bits per heavy atom. The van der Waals surface area contributed by atoms with Gasteiger partial charge in [0.25, 0.3) is 0 Å². The first-order chi connectivity index (χ1) is 9.92. The number of hydrogen-bond donors (Lipinski definition) is 1. The minimum absolute atomic E-state index is 0.123. The van der Waals surface area contributed by atoms with E-state index in [4.69, 9.17) is 11.6 Å². The van der Waals surface area contributed by atoms with E-state index in [0.29, 0.717) is 16.4 Å². The number of hydrogen-bond acceptors (Lipinski definition) is 4. The molecular weight excluding hydrogens is 296 g/mol. The third-order valence-corrected chi connectivity index (χ3v) is 3.55. The molecule has 2 rings (SSSR count). The molecule has 7 heteroatoms. The molecule has 112 valence electrons. The summed E-state index contributed by atoms with van der Waals surface area (Å²) in [5, 5.41) is 2.92. The monoisotopic (exact) mass is 310 g/mol. The predicted octanol–water partition coefficient (Wildman–Crippen LogP) is 1.82. The van der Waals surface area contributed by atoms with Crippen LogP contribution in [0.1, 0.15) is 13.3 Å². The lowest BCUT2D eigenvalue weighted by Crippen LogP contribution is -2.26. The van der Waals surface area contributed by atoms with E-state index >= 15 is 0 Å². The number of carbonyl (C=O) groups is 3. The van der Waals surface area contributed by atoms with Gasteiger partial charge in [-0.3, -0.25) is 14.4 Å². The largest absolute Gasteiger partial charge is 0.469 e. The van der Waals surface area contributed by atoms with Crippen molar-refractivity contribution in [2.45, 2.75) is 13.3 Å². The molecule has 0 radical (unpaired) electrons. The molecule has 21 heavy (non-hydrogen) atoms. The molecule has 0 aromatic heterocycles. The van der Waals surface area contributed by atoms with Gasteiger partial charge in [0.05, 0.1) is 23.7 Å². The van der Waals surface area contributed by atoms with Crippen LogP contribution in [0, 0.1) is 5.92 Å². The van der Waals surface area contributed by atoms with E-state index in [2.05, 4.69) is 10.1 Å². The van der Waals surface area contributed by atoms with Crippen molar-refractivity contribution in [3.05, 3.63) is 23.2 Å². The number of anilines is 2. The van der Waals surface area contributed by atoms with Gasteiger partial charge in [-0.25, -0.2) is 0 Å². The lowest BCUT2D eigenvalue weighted by molar-refractivity contribution is -0.145. The van der Waals surface area contributed by atoms with Gasteiger partial charge in [-0.05, 0) is 18.2 Å². The van der Waals surface area contributed by atoms with Gasteiger partial charge >= 0.3 is 5.97 Å². The van der Waals surface area contributed by atoms with Gasteiger partial charge in [0.1, 0.15) is 0 Å². The average molecular weight is 311 g/mol. The molecule has 6 nitrogen and oxygen atoms in total. The first kappa shape index (κ1) is 15.3. The summed E-state index contributed by atoms with van der Waals surface area (Å²) in [5.41, 5.74) is 1.06. The molecule has 1 aliphatic rings. The molecule has 0 bridgehead atoms. The van der Waals surface area contributed by atoms with Crippen molar-refractivity contribution in [3.63, 3.8) is 0 Å². The maximum absolute atomic E-state index is 12.0. The molecule has 1 aromatic carbocycles. The number of rotatable bonds is 3. The lowest BCUT2D eigenvalue weighted by atomic mass is 10.1. The molecule has 0 saturated carbocycles. The summed E-state index contributed by atoms with van der Waals surface area (Å²) in [6, 6.07) is 4.89. The second-order valence-corrected chi connectivity index (χ2v) is 5.18. The topological polar surface area (TPSA) is 75.7 Å². The molecule has 1 saturated heterocycles. The molecule has 1 aromatic rings. The number of benzene rings is 1. The Balaban J connectivity index is 2.19. The van der Waals surface area contributed by atoms with E-state index in [1.54, 1.807) is 18.2 Å². The first-order valence-electron chi connectivity index (χ1n) is 6.37. The average Bonchev–Trinajstić information content (AvgIpc) is 2.82. The predicted molar refractivity (Wildman–Crippen MR) is 78.2 cm³/mol. The standard InChI is InChI=1S/C14H15ClN2O4/c1-8(18)16-12-4-3-10(6-11(12)15)17-7-9(5-13(17)19)14(20)21-2/h3-4,6,9H,5,7H2,1-2H3,(H,16,18). The highest BCUT2D eigenvalue weighted by Crippen LogP contribution is 2.31. The van der Waals surface area contributed by atoms with Crippen molar-refractivity contribution in [2.75, 3.05) is 23.9 Å². The first-order valence-corrected chi connectivity index (χ1v) is 6.75. The molecule has 1 fully saturated rings. The van der Waals surface area contributed by atoms with Crippen LogP contribution in [-0.4, -0.2) is 31.4 Å². The third kappa shape index (κ3) is 3.33. The molecule has 2 amide bonds. The van der Waals surface area contributed by atoms with Crippen LogP contribution in [0.15, 0.2) is 18.2 Å². The number of amides is 2. The number of methoxy groups -OCH3 is 1. The molecule has 1 aliphatic heterocycles. The van der Waals surface area contributed by atoms with E-state index in [9.17, 15) is 14.4 Å². The molecule has 1 N–H and O–H groups in total. The maximum atomic E-state index is 12.0. The fourth-order valence-corrected chi connectivity index (χ4v) is 2.47. The Hall–Kier alpha value is -2.08. The normalized spacial score (nSPS) is 17.8. The summed E-state index contributed by atoms with van der Waals surface area (Å²) in [7, 11) is 1.30. The Kier molecular flexibility index (Phi) is 4.47. The van der Waals surface area contributed by atoms with E-state index in [-0.39, 0.29) is 24.8 Å². The van der Waals surface area contributed by atoms with Crippen LogP contribution >= 0.6 is 11.6 Å². The van der Waals surface area contributed by atoms with Crippen molar-refractivity contribution < 1.29 is 19.1 Å². The zero-order valence-electron chi connectivity index (χ0n) is 11.7. The third-order valence-electron chi connectivity index (χ3n) is 3.23. The molecular formula is C14H15ClN2O4. The van der Waals surface area contributed by atoms with Crippen LogP contribution in [0.25, 0.3) is 0 Å². The lowest BCUT2D eigenvalue weighted by Gasteiger charge is -2.17. The van der Waals surface area contributed by atoms with Crippen molar-refractivity contribution in [3.8, 4) is 0 Å². The SMILES string of the molecule is COC(=O)C1CC(=O)N(c2ccc(NC(C)=O)c(Cl)c2)C1. The molecule has 1 unspecified atom stereocenters. The van der Waals surface area contributed by atoms with Gasteiger partial charge in [-0.2, -0.15) is 0 Å². The highest BCUT2D eigenvalue weighted by molar-refractivity contribution is 6.34. The smallest absolute Gasteiger partial charge is 0.311 e. The van der Waals surface area contributed by atoms with Gasteiger partial charge in [-0.1, -0.05) is 11.6 Å². The quantitative estimate of drug-likeness (QED) is 0.864. The van der Waals surface area contributed by atoms with Crippen molar-refractivity contribution in [1.29, 1.82) is 0 Å². The number of nitrogens with one attached hydrogen (secondary N) is 1. The summed E-state index contributed by atoms with van der Waals surface area (Å²) >= 11 is 6.08. The Bertz CT molecular complexity index is 603. The van der Waals surface area contributed by atoms with E-state index in [1.807, 2.05) is 0 Å². The van der Waals surface area contributed by atoms with Crippen molar-refractivity contribution >= 4 is 40.8 Å². The fraction of sp³-hybridized carbons (Fsp3) is 0.357. The van der Waals surface area contributed by atoms with Gasteiger partial charge < -0.3 is 15.0 Å². The van der Waals surface area contributed by atoms with E-state index in [1.165, 1.54) is 18.9 Å². The highest BCUT2D eigenvalue weighted by atomic mass is 35.5. The second-order valence-electron chi connectivity index (χ2n) is 4.77. The molecule has 0 spiro atoms. The number of ether oxygens (including phenoxy) is 1. The summed E-state index contributed by atoms with van der Waals surface area (Å²) in [5.74, 6) is -1.25. The van der Waals surface area contributed by atoms with Crippen LogP contribution in [0.5, 0.6) is 0 Å². The van der Waals surface area contributed by atoms with Gasteiger partial charge in [0.15, 0.2) is 0 Å². The molecule has 0 aliphatic carbocycles. The van der Waals surface area contributed by atoms with Crippen LogP contribution < -0.4 is 10.2 Å². The molecule has 1 heterocycles. The van der Waals surface area contributed by atoms with Crippen LogP contribution in [0.2, 0.25) is 5.02 Å². The van der Waals surface area contributed by atoms with Crippen LogP contribution in [0.3, 0.4) is 0 Å². The number of esters is 1. The zero-order chi connectivity index (χ0) is 15.6. The minimum atomic E-state index is -0.462. The van der Waals surface area contributed by atoms with Gasteiger partial charge in [0.2, 0.25) is 11.8 Å². The summed E-state index contributed by atoms with van der Waals surface area (Å²) in [4.78, 5) is 36.0. The van der Waals surface area contributed by atoms with Gasteiger partial charge in [0, 0.05) is 25.6 Å². The molecule has 1 atom stereocenters. The minimum Gasteiger partial charge on any atom is -0.469 e. The number of nitrogens with zero attached hydrogens (tertiary/aromatic N) is 1. The Morgan fingerprint density at radius 2 is 2.14 bits per heavy atom. The Labute approximate surface area is 127 Å². The fourth-order valence-electron chi connectivity index (χ4n) is 2.24. The van der Waals surface area contributed by atoms with E-state index < -0.39 is 11.9 Å². The number of halogens is 1. The Morgan fingerprint density at radius 3 is 2.71 bits per heavy atom. The zero-order valence-corrected chi connectivity index (χ0v) is 12.4. The van der Waals surface area contributed by atoms with Crippen LogP contribution in [0.4, 0.5) is 11.4 Å². The summed E-state index contributed by atoms with van der Waals surface area (Å²) < 4.78 is 4.66. The van der Waals surface area contributed by atoms with Crippen molar-refractivity contribution in [1.82, 2.24) is 0 Å². The highest BCUT2D eigenvalue weighted by Gasteiger charge is 2.35. The summed E-state index contributed by atoms with van der Waals surface area (Å²) in [6.07, 6.45) is 0.123. The van der Waals surface area contributed by atoms with Crippen LogP contribution in [-0.2, 0) is 19.1 Å².